The topological polar surface area (TPSA) is 213 Å². The maximum Gasteiger partial charge on any atom is 0.299 e. The van der Waals surface area contributed by atoms with Gasteiger partial charge in [0.2, 0.25) is 23.5 Å². The van der Waals surface area contributed by atoms with E-state index in [1.54, 1.807) is 4.90 Å². The summed E-state index contributed by atoms with van der Waals surface area (Å²) >= 11 is 0. The highest BCUT2D eigenvalue weighted by molar-refractivity contribution is 6.38. The van der Waals surface area contributed by atoms with Gasteiger partial charge in [-0.25, -0.2) is 0 Å². The molecule has 1 aromatic heterocycles. The average molecular weight is 726 g/mol. The van der Waals surface area contributed by atoms with Crippen molar-refractivity contribution in [2.75, 3.05) is 0 Å². The number of aromatic amines is 1. The minimum atomic E-state index is -1.09. The van der Waals surface area contributed by atoms with Crippen LogP contribution in [0.15, 0.2) is 12.3 Å². The van der Waals surface area contributed by atoms with Crippen molar-refractivity contribution in [1.29, 1.82) is 0 Å². The first kappa shape index (κ1) is 38.9. The van der Waals surface area contributed by atoms with Crippen molar-refractivity contribution in [2.45, 2.75) is 154 Å². The molecule has 3 aliphatic carbocycles. The van der Waals surface area contributed by atoms with Gasteiger partial charge in [0.1, 0.15) is 18.1 Å². The average Bonchev–Trinajstić information content (AvgIpc) is 3.62. The number of nitrogens with zero attached hydrogens (tertiary/aromatic N) is 2. The first-order chi connectivity index (χ1) is 24.7. The number of Topliss-reactive ketones (excluding diaryl/α,β-unsaturated/α-hetero) is 1. The predicted octanol–water partition coefficient (Wildman–Crippen LogP) is 3.42. The molecule has 4 fully saturated rings. The Balaban J connectivity index is 1.39. The lowest BCUT2D eigenvalue weighted by atomic mass is 9.81. The van der Waals surface area contributed by atoms with Crippen LogP contribution < -0.4 is 21.3 Å². The van der Waals surface area contributed by atoms with Gasteiger partial charge in [-0.05, 0) is 68.6 Å². The molecule has 2 unspecified atom stereocenters. The van der Waals surface area contributed by atoms with E-state index >= 15 is 0 Å². The lowest BCUT2D eigenvalue weighted by molar-refractivity contribution is -0.385. The van der Waals surface area contributed by atoms with Crippen LogP contribution in [0.5, 0.6) is 0 Å². The van der Waals surface area contributed by atoms with Crippen LogP contribution in [0.1, 0.15) is 128 Å². The maximum atomic E-state index is 14.8. The molecule has 0 aromatic carbocycles. The largest absolute Gasteiger partial charge is 0.351 e. The monoisotopic (exact) mass is 725 g/mol. The van der Waals surface area contributed by atoms with E-state index in [-0.39, 0.29) is 36.0 Å². The Morgan fingerprint density at radius 2 is 1.62 bits per heavy atom. The molecule has 1 saturated heterocycles. The van der Waals surface area contributed by atoms with E-state index in [0.29, 0.717) is 32.1 Å². The molecular formula is C37H55N7O8. The number of aromatic nitrogens is 1. The second-order valence-electron chi connectivity index (χ2n) is 16.2. The van der Waals surface area contributed by atoms with Crippen LogP contribution in [0.25, 0.3) is 0 Å². The van der Waals surface area contributed by atoms with Crippen molar-refractivity contribution >= 4 is 41.0 Å². The van der Waals surface area contributed by atoms with E-state index in [1.807, 2.05) is 27.7 Å². The van der Waals surface area contributed by atoms with E-state index in [4.69, 9.17) is 0 Å². The molecule has 52 heavy (non-hydrogen) atoms. The van der Waals surface area contributed by atoms with E-state index in [2.05, 4.69) is 26.3 Å². The lowest BCUT2D eigenvalue weighted by Gasteiger charge is -2.40. The maximum absolute atomic E-state index is 14.8. The molecule has 1 aromatic rings. The van der Waals surface area contributed by atoms with Crippen LogP contribution in [0.3, 0.4) is 0 Å². The molecule has 3 saturated carbocycles. The molecule has 1 aliphatic heterocycles. The second-order valence-corrected chi connectivity index (χ2v) is 16.2. The van der Waals surface area contributed by atoms with E-state index in [9.17, 15) is 38.9 Å². The summed E-state index contributed by atoms with van der Waals surface area (Å²) in [6.07, 6.45) is 11.6. The van der Waals surface area contributed by atoms with Crippen molar-refractivity contribution < 1.29 is 33.7 Å². The number of ketones is 1. The smallest absolute Gasteiger partial charge is 0.299 e. The Morgan fingerprint density at radius 1 is 0.942 bits per heavy atom. The van der Waals surface area contributed by atoms with Gasteiger partial charge < -0.3 is 31.2 Å². The highest BCUT2D eigenvalue weighted by Gasteiger charge is 2.51. The Hall–Kier alpha value is -4.30. The standard InChI is InChI=1S/C37H55N7O8/c1-5-11-24(30(45)35(49)39-23-16-17-23)40-32(46)27-20-22-14-9-10-15-25(22)43(27)36(50)31(37(2,3)4)42-33(47)28(21-12-7-6-8-13-21)41-34(48)29-26(44(51)52)18-19-38-29/h18-19,21-25,27-28,31,38H,5-17,20H2,1-4H3,(H,39,49)(H,40,46)(H,41,48)(H,42,47)/t22?,24-,25?,27-,28-,31+/m0/s1. The third-order valence-electron chi connectivity index (χ3n) is 11.2. The lowest BCUT2D eigenvalue weighted by Crippen LogP contribution is -2.63. The molecule has 5 N–H and O–H groups in total. The fraction of sp³-hybridized carbons (Fsp3) is 0.730. The summed E-state index contributed by atoms with van der Waals surface area (Å²) in [5.74, 6) is -3.87. The number of likely N-dealkylation sites (tertiary alicyclic amines) is 1. The minimum Gasteiger partial charge on any atom is -0.351 e. The van der Waals surface area contributed by atoms with Crippen LogP contribution in [0, 0.1) is 27.4 Å². The van der Waals surface area contributed by atoms with Crippen molar-refractivity contribution in [2.24, 2.45) is 17.3 Å². The Bertz CT molecular complexity index is 1530. The van der Waals surface area contributed by atoms with Crippen LogP contribution >= 0.6 is 0 Å². The van der Waals surface area contributed by atoms with Gasteiger partial charge in [-0.15, -0.1) is 0 Å². The molecule has 4 aliphatic rings. The van der Waals surface area contributed by atoms with Crippen LogP contribution in [-0.2, 0) is 24.0 Å². The number of H-pyrrole nitrogens is 1. The zero-order valence-corrected chi connectivity index (χ0v) is 30.8. The van der Waals surface area contributed by atoms with Gasteiger partial charge in [0.15, 0.2) is 5.69 Å². The van der Waals surface area contributed by atoms with Crippen LogP contribution in [0.4, 0.5) is 5.69 Å². The first-order valence-electron chi connectivity index (χ1n) is 19.1. The zero-order valence-electron chi connectivity index (χ0n) is 30.8. The number of hydrogen-bond acceptors (Lipinski definition) is 8. The van der Waals surface area contributed by atoms with Crippen molar-refractivity contribution in [3.8, 4) is 0 Å². The minimum absolute atomic E-state index is 0.0111. The molecular weight excluding hydrogens is 670 g/mol. The number of rotatable bonds is 14. The summed E-state index contributed by atoms with van der Waals surface area (Å²) in [7, 11) is 0. The highest BCUT2D eigenvalue weighted by Crippen LogP contribution is 2.41. The molecule has 15 nitrogen and oxygen atoms in total. The highest BCUT2D eigenvalue weighted by atomic mass is 16.6. The second kappa shape index (κ2) is 16.6. The summed E-state index contributed by atoms with van der Waals surface area (Å²) in [6, 6.07) is -3.13. The molecule has 5 rings (SSSR count). The number of nitro groups is 1. The summed E-state index contributed by atoms with van der Waals surface area (Å²) < 4.78 is 0. The summed E-state index contributed by atoms with van der Waals surface area (Å²) in [5.41, 5.74) is -1.49. The third kappa shape index (κ3) is 9.00. The van der Waals surface area contributed by atoms with E-state index < -0.39 is 75.5 Å². The van der Waals surface area contributed by atoms with Crippen LogP contribution in [0.2, 0.25) is 0 Å². The SMILES string of the molecule is CCC[C@H](NC(=O)[C@@H]1CC2CCCCC2N1C(=O)[C@@H](NC(=O)[C@@H](NC(=O)c1[nH]ccc1[N+](=O)[O-])C1CCCCC1)C(C)(C)C)C(=O)C(=O)NC1CC1. The number of carbonyl (C=O) groups excluding carboxylic acids is 6. The van der Waals surface area contributed by atoms with Gasteiger partial charge in [0, 0.05) is 24.3 Å². The number of fused-ring (bicyclic) bond motifs is 1. The first-order valence-corrected chi connectivity index (χ1v) is 19.1. The number of nitrogens with one attached hydrogen (secondary N) is 5. The third-order valence-corrected chi connectivity index (χ3v) is 11.2. The fourth-order valence-electron chi connectivity index (χ4n) is 8.28. The Labute approximate surface area is 304 Å². The van der Waals surface area contributed by atoms with Gasteiger partial charge in [0.05, 0.1) is 11.0 Å². The number of carbonyl (C=O) groups is 6. The number of amides is 5. The Kier molecular flexibility index (Phi) is 12.4. The zero-order chi connectivity index (χ0) is 37.7. The summed E-state index contributed by atoms with van der Waals surface area (Å²) in [5, 5.41) is 22.8. The summed E-state index contributed by atoms with van der Waals surface area (Å²) in [4.78, 5) is 97.5. The van der Waals surface area contributed by atoms with Gasteiger partial charge in [-0.2, -0.15) is 0 Å². The molecule has 0 bridgehead atoms. The fourth-order valence-corrected chi connectivity index (χ4v) is 8.28. The molecule has 0 radical (unpaired) electrons. The molecule has 0 spiro atoms. The predicted molar refractivity (Wildman–Crippen MR) is 191 cm³/mol. The van der Waals surface area contributed by atoms with Crippen molar-refractivity contribution in [3.63, 3.8) is 0 Å². The normalized spacial score (nSPS) is 23.8. The van der Waals surface area contributed by atoms with Gasteiger partial charge in [-0.1, -0.05) is 66.2 Å². The van der Waals surface area contributed by atoms with Gasteiger partial charge in [0.25, 0.3) is 17.5 Å². The van der Waals surface area contributed by atoms with Crippen molar-refractivity contribution in [3.05, 3.63) is 28.1 Å². The van der Waals surface area contributed by atoms with Crippen molar-refractivity contribution in [1.82, 2.24) is 31.2 Å². The molecule has 286 valence electrons. The Morgan fingerprint density at radius 3 is 2.25 bits per heavy atom. The summed E-state index contributed by atoms with van der Waals surface area (Å²) in [6.45, 7) is 7.34. The van der Waals surface area contributed by atoms with Gasteiger partial charge in [-0.3, -0.25) is 38.9 Å². The van der Waals surface area contributed by atoms with Crippen LogP contribution in [-0.4, -0.2) is 86.4 Å². The molecule has 6 atom stereocenters. The molecule has 2 heterocycles. The van der Waals surface area contributed by atoms with E-state index in [0.717, 1.165) is 51.4 Å². The molecule has 15 heteroatoms. The van der Waals surface area contributed by atoms with E-state index in [1.165, 1.54) is 12.3 Å². The van der Waals surface area contributed by atoms with Gasteiger partial charge >= 0.3 is 0 Å². The quantitative estimate of drug-likeness (QED) is 0.109. The number of hydrogen-bond donors (Lipinski definition) is 5. The molecule has 5 amide bonds.